The molecular weight excluding hydrogens is 717 g/mol. The predicted octanol–water partition coefficient (Wildman–Crippen LogP) is 1.27. The third-order valence-electron chi connectivity index (χ3n) is 6.95. The fraction of sp³-hybridized carbons (Fsp3) is 0.433. The molecular formula is C30H38IN5O6S2. The minimum atomic E-state index is -1.23. The van der Waals surface area contributed by atoms with Crippen molar-refractivity contribution in [3.63, 3.8) is 0 Å². The summed E-state index contributed by atoms with van der Waals surface area (Å²) in [6, 6.07) is 8.78. The molecule has 1 aliphatic heterocycles. The summed E-state index contributed by atoms with van der Waals surface area (Å²) in [6.07, 6.45) is 0.113. The number of carbonyl (C=O) groups is 5. The van der Waals surface area contributed by atoms with Gasteiger partial charge in [-0.05, 0) is 85.7 Å². The van der Waals surface area contributed by atoms with Gasteiger partial charge in [0.2, 0.25) is 29.5 Å². The van der Waals surface area contributed by atoms with Gasteiger partial charge in [0.05, 0.1) is 6.54 Å². The van der Waals surface area contributed by atoms with Crippen LogP contribution in [0.4, 0.5) is 0 Å². The Bertz CT molecular complexity index is 1380. The average Bonchev–Trinajstić information content (AvgIpc) is 2.93. The summed E-state index contributed by atoms with van der Waals surface area (Å²) in [4.78, 5) is 67.3. The van der Waals surface area contributed by atoms with E-state index in [2.05, 4.69) is 74.4 Å². The molecule has 2 aromatic rings. The first-order valence-electron chi connectivity index (χ1n) is 13.9. The number of rotatable bonds is 6. The Morgan fingerprint density at radius 2 is 1.11 bits per heavy atom. The van der Waals surface area contributed by atoms with Crippen molar-refractivity contribution in [1.29, 1.82) is 0 Å². The highest BCUT2D eigenvalue weighted by molar-refractivity contribution is 14.1. The lowest BCUT2D eigenvalue weighted by atomic mass is 9.98. The second-order valence-electron chi connectivity index (χ2n) is 11.8. The number of carbonyl (C=O) groups excluding carboxylic acids is 5. The van der Waals surface area contributed by atoms with Crippen molar-refractivity contribution < 1.29 is 29.1 Å². The van der Waals surface area contributed by atoms with Gasteiger partial charge in [-0.2, -0.15) is 25.3 Å². The van der Waals surface area contributed by atoms with E-state index in [0.717, 1.165) is 9.13 Å². The van der Waals surface area contributed by atoms with E-state index >= 15 is 0 Å². The maximum Gasteiger partial charge on any atom is 0.244 e. The number of hydrogen-bond acceptors (Lipinski definition) is 8. The molecule has 0 bridgehead atoms. The fourth-order valence-electron chi connectivity index (χ4n) is 4.52. The first-order chi connectivity index (χ1) is 20.4. The number of phenols is 1. The lowest BCUT2D eigenvalue weighted by molar-refractivity contribution is -0.134. The van der Waals surface area contributed by atoms with Gasteiger partial charge in [0, 0.05) is 25.9 Å². The average molecular weight is 756 g/mol. The molecule has 0 saturated carbocycles. The molecule has 11 nitrogen and oxygen atoms in total. The molecule has 4 atom stereocenters. The summed E-state index contributed by atoms with van der Waals surface area (Å²) in [5, 5.41) is 23.0. The number of amides is 5. The highest BCUT2D eigenvalue weighted by Gasteiger charge is 2.40. The third-order valence-corrected chi connectivity index (χ3v) is 8.18. The first kappa shape index (κ1) is 35.5. The lowest BCUT2D eigenvalue weighted by Gasteiger charge is -2.33. The van der Waals surface area contributed by atoms with Gasteiger partial charge in [-0.25, -0.2) is 0 Å². The van der Waals surface area contributed by atoms with E-state index in [4.69, 9.17) is 0 Å². The molecule has 44 heavy (non-hydrogen) atoms. The van der Waals surface area contributed by atoms with Gasteiger partial charge in [-0.15, -0.1) is 0 Å². The first-order valence-corrected chi connectivity index (χ1v) is 15.9. The number of thiol groups is 2. The zero-order valence-corrected chi connectivity index (χ0v) is 28.8. The van der Waals surface area contributed by atoms with Gasteiger partial charge in [-0.1, -0.05) is 24.3 Å². The van der Waals surface area contributed by atoms with Crippen LogP contribution in [0.25, 0.3) is 0 Å². The van der Waals surface area contributed by atoms with E-state index in [1.54, 1.807) is 39.8 Å². The molecule has 1 saturated heterocycles. The molecule has 5 amide bonds. The Balaban J connectivity index is 2.04. The van der Waals surface area contributed by atoms with Crippen LogP contribution in [0.5, 0.6) is 5.75 Å². The molecule has 0 radical (unpaired) electrons. The number of aromatic hydroxyl groups is 1. The van der Waals surface area contributed by atoms with Crippen LogP contribution in [0, 0.1) is 3.57 Å². The zero-order chi connectivity index (χ0) is 32.8. The van der Waals surface area contributed by atoms with Crippen molar-refractivity contribution in [1.82, 2.24) is 26.6 Å². The Labute approximate surface area is 281 Å². The van der Waals surface area contributed by atoms with Crippen molar-refractivity contribution in [2.24, 2.45) is 0 Å². The van der Waals surface area contributed by atoms with Crippen LogP contribution in [-0.4, -0.2) is 74.8 Å². The molecule has 1 aliphatic rings. The molecule has 238 valence electrons. The van der Waals surface area contributed by atoms with Crippen molar-refractivity contribution in [3.05, 3.63) is 63.2 Å². The van der Waals surface area contributed by atoms with Crippen LogP contribution >= 0.6 is 47.8 Å². The van der Waals surface area contributed by atoms with E-state index in [1.165, 1.54) is 12.1 Å². The van der Waals surface area contributed by atoms with Crippen molar-refractivity contribution in [3.8, 4) is 5.75 Å². The molecule has 6 N–H and O–H groups in total. The molecule has 0 spiro atoms. The minimum absolute atomic E-state index is 0.00231. The summed E-state index contributed by atoms with van der Waals surface area (Å²) in [6.45, 7) is 6.06. The topological polar surface area (TPSA) is 166 Å². The normalized spacial score (nSPS) is 22.8. The summed E-state index contributed by atoms with van der Waals surface area (Å²) in [5.74, 6) is -3.32. The van der Waals surface area contributed by atoms with Gasteiger partial charge in [0.25, 0.3) is 0 Å². The standard InChI is InChI=1S/C30H38IN5O6S2/c1-29(2,43)23-27(41)32-15-22(38)33-20(13-16-5-9-18(31)10-6-16)25(39)36-24(30(3,4)44)28(42)34-21(26(40)35-23)14-17-7-11-19(37)12-8-17/h5-12,20-21,23-24,37,43-44H,13-15H2,1-4H3,(H,32,41)(H,33,38)(H,34,42)(H,35,40)(H,36,39)/t20-,21-,23-,24-/m0/s1. The van der Waals surface area contributed by atoms with E-state index in [1.807, 2.05) is 24.3 Å². The molecule has 14 heteroatoms. The van der Waals surface area contributed by atoms with E-state index in [0.29, 0.717) is 5.56 Å². The van der Waals surface area contributed by atoms with Gasteiger partial charge >= 0.3 is 0 Å². The molecule has 3 rings (SSSR count). The van der Waals surface area contributed by atoms with Crippen LogP contribution < -0.4 is 26.6 Å². The maximum atomic E-state index is 13.8. The van der Waals surface area contributed by atoms with Gasteiger partial charge < -0.3 is 31.7 Å². The highest BCUT2D eigenvalue weighted by atomic mass is 127. The Kier molecular flexibility index (Phi) is 12.0. The van der Waals surface area contributed by atoms with Gasteiger partial charge in [0.1, 0.15) is 29.9 Å². The number of phenolic OH excluding ortho intramolecular Hbond substituents is 1. The molecule has 0 unspecified atom stereocenters. The molecule has 0 aromatic heterocycles. The van der Waals surface area contributed by atoms with Crippen LogP contribution in [0.2, 0.25) is 0 Å². The monoisotopic (exact) mass is 755 g/mol. The third kappa shape index (κ3) is 10.3. The van der Waals surface area contributed by atoms with Crippen molar-refractivity contribution in [2.75, 3.05) is 6.54 Å². The summed E-state index contributed by atoms with van der Waals surface area (Å²) < 4.78 is -1.18. The zero-order valence-electron chi connectivity index (χ0n) is 24.8. The van der Waals surface area contributed by atoms with Gasteiger partial charge in [-0.3, -0.25) is 24.0 Å². The smallest absolute Gasteiger partial charge is 0.244 e. The quantitative estimate of drug-likeness (QED) is 0.164. The van der Waals surface area contributed by atoms with E-state index < -0.39 is 69.7 Å². The number of hydrogen-bond donors (Lipinski definition) is 8. The largest absolute Gasteiger partial charge is 0.508 e. The second kappa shape index (κ2) is 14.9. The molecule has 1 heterocycles. The van der Waals surface area contributed by atoms with Crippen molar-refractivity contribution in [2.45, 2.75) is 74.2 Å². The fourth-order valence-corrected chi connectivity index (χ4v) is 5.25. The highest BCUT2D eigenvalue weighted by Crippen LogP contribution is 2.21. The van der Waals surface area contributed by atoms with Crippen LogP contribution in [0.1, 0.15) is 38.8 Å². The summed E-state index contributed by atoms with van der Waals surface area (Å²) in [5.41, 5.74) is 1.38. The Hall–Kier alpha value is -2.98. The minimum Gasteiger partial charge on any atom is -0.508 e. The number of nitrogens with one attached hydrogen (secondary N) is 5. The SMILES string of the molecule is CC(C)(S)[C@H]1NC(=O)[C@H](Cc2ccc(O)cc2)NC(=O)[C@@H](C(C)(C)S)NC(=O)[C@H](Cc2ccc(I)cc2)NC(=O)CNC1=O. The van der Waals surface area contributed by atoms with Gasteiger partial charge in [0.15, 0.2) is 0 Å². The van der Waals surface area contributed by atoms with Crippen LogP contribution in [0.15, 0.2) is 48.5 Å². The van der Waals surface area contributed by atoms with Crippen LogP contribution in [0.3, 0.4) is 0 Å². The van der Waals surface area contributed by atoms with Crippen LogP contribution in [-0.2, 0) is 36.8 Å². The summed E-state index contributed by atoms with van der Waals surface area (Å²) in [7, 11) is 0. The Morgan fingerprint density at radius 3 is 1.59 bits per heavy atom. The van der Waals surface area contributed by atoms with E-state index in [9.17, 15) is 29.1 Å². The second-order valence-corrected chi connectivity index (χ2v) is 15.3. The lowest BCUT2D eigenvalue weighted by Crippen LogP contribution is -2.63. The predicted molar refractivity (Wildman–Crippen MR) is 182 cm³/mol. The molecule has 1 fully saturated rings. The number of halogens is 1. The maximum absolute atomic E-state index is 13.8. The number of benzene rings is 2. The van der Waals surface area contributed by atoms with Crippen molar-refractivity contribution >= 4 is 77.4 Å². The molecule has 0 aliphatic carbocycles. The summed E-state index contributed by atoms with van der Waals surface area (Å²) >= 11 is 11.2. The van der Waals surface area contributed by atoms with E-state index in [-0.39, 0.29) is 18.6 Å². The molecule has 2 aromatic carbocycles. The Morgan fingerprint density at radius 1 is 0.682 bits per heavy atom.